The molecule has 0 heterocycles. The number of amides is 2. The summed E-state index contributed by atoms with van der Waals surface area (Å²) in [5.74, 6) is 0. The molecular formula is C29H36N2O. The Morgan fingerprint density at radius 1 is 0.719 bits per heavy atom. The Bertz CT molecular complexity index is 906. The topological polar surface area (TPSA) is 32.3 Å². The van der Waals surface area contributed by atoms with Gasteiger partial charge in [-0.3, -0.25) is 0 Å². The quantitative estimate of drug-likeness (QED) is 0.322. The largest absolute Gasteiger partial charge is 0.325 e. The van der Waals surface area contributed by atoms with Crippen molar-refractivity contribution in [1.82, 2.24) is 4.90 Å². The molecule has 3 aromatic carbocycles. The Labute approximate surface area is 193 Å². The maximum atomic E-state index is 13.1. The van der Waals surface area contributed by atoms with Crippen LogP contribution in [0.5, 0.6) is 0 Å². The number of rotatable bonds is 11. The number of carbonyl (C=O) groups is 1. The van der Waals surface area contributed by atoms with Gasteiger partial charge in [-0.25, -0.2) is 4.79 Å². The molecule has 0 aliphatic rings. The highest BCUT2D eigenvalue weighted by atomic mass is 16.2. The lowest BCUT2D eigenvalue weighted by Gasteiger charge is -2.24. The summed E-state index contributed by atoms with van der Waals surface area (Å²) in [6.07, 6.45) is 6.30. The summed E-state index contributed by atoms with van der Waals surface area (Å²) >= 11 is 0. The van der Waals surface area contributed by atoms with Gasteiger partial charge in [0.25, 0.3) is 0 Å². The van der Waals surface area contributed by atoms with Gasteiger partial charge in [-0.1, -0.05) is 78.4 Å². The molecule has 0 atom stereocenters. The van der Waals surface area contributed by atoms with E-state index in [-0.39, 0.29) is 6.03 Å². The summed E-state index contributed by atoms with van der Waals surface area (Å²) in [7, 11) is 0. The third kappa shape index (κ3) is 7.88. The van der Waals surface area contributed by atoms with E-state index in [2.05, 4.69) is 79.0 Å². The van der Waals surface area contributed by atoms with Crippen LogP contribution in [-0.4, -0.2) is 24.0 Å². The van der Waals surface area contributed by atoms with Crippen molar-refractivity contribution in [3.63, 3.8) is 0 Å². The number of anilines is 1. The van der Waals surface area contributed by atoms with Gasteiger partial charge in [0.1, 0.15) is 0 Å². The Morgan fingerprint density at radius 3 is 1.75 bits per heavy atom. The van der Waals surface area contributed by atoms with Gasteiger partial charge in [0.2, 0.25) is 0 Å². The van der Waals surface area contributed by atoms with E-state index in [0.29, 0.717) is 0 Å². The van der Waals surface area contributed by atoms with Gasteiger partial charge in [0, 0.05) is 18.8 Å². The third-order valence-electron chi connectivity index (χ3n) is 5.88. The smallest absolute Gasteiger partial charge is 0.321 e. The number of hydrogen-bond donors (Lipinski definition) is 1. The van der Waals surface area contributed by atoms with E-state index in [4.69, 9.17) is 0 Å². The van der Waals surface area contributed by atoms with Gasteiger partial charge in [0.15, 0.2) is 0 Å². The van der Waals surface area contributed by atoms with Gasteiger partial charge < -0.3 is 10.2 Å². The van der Waals surface area contributed by atoms with Crippen LogP contribution >= 0.6 is 0 Å². The summed E-state index contributed by atoms with van der Waals surface area (Å²) in [4.78, 5) is 15.1. The average molecular weight is 429 g/mol. The zero-order chi connectivity index (χ0) is 22.6. The highest BCUT2D eigenvalue weighted by molar-refractivity contribution is 5.90. The molecule has 0 aliphatic carbocycles. The Morgan fingerprint density at radius 2 is 1.25 bits per heavy atom. The summed E-state index contributed by atoms with van der Waals surface area (Å²) in [5, 5.41) is 3.14. The van der Waals surface area contributed by atoms with Crippen LogP contribution in [0.3, 0.4) is 0 Å². The van der Waals surface area contributed by atoms with Crippen molar-refractivity contribution in [3.8, 4) is 0 Å². The second kappa shape index (κ2) is 12.7. The number of carbonyl (C=O) groups excluding carboxylic acids is 1. The van der Waals surface area contributed by atoms with Gasteiger partial charge in [-0.2, -0.15) is 0 Å². The van der Waals surface area contributed by atoms with E-state index in [9.17, 15) is 4.79 Å². The summed E-state index contributed by atoms with van der Waals surface area (Å²) in [6, 6.07) is 27.3. The van der Waals surface area contributed by atoms with Crippen molar-refractivity contribution in [2.24, 2.45) is 0 Å². The van der Waals surface area contributed by atoms with Crippen LogP contribution in [0.15, 0.2) is 78.9 Å². The molecule has 3 heteroatoms. The minimum absolute atomic E-state index is 0.0105. The Balaban J connectivity index is 1.52. The number of nitrogens with zero attached hydrogens (tertiary/aromatic N) is 1. The molecule has 1 N–H and O–H groups in total. The molecule has 0 spiro atoms. The van der Waals surface area contributed by atoms with Crippen LogP contribution in [0.4, 0.5) is 10.5 Å². The van der Waals surface area contributed by atoms with Crippen molar-refractivity contribution in [3.05, 3.63) is 101 Å². The first kappa shape index (κ1) is 23.6. The number of unbranched alkanes of at least 4 members (excludes halogenated alkanes) is 2. The maximum absolute atomic E-state index is 13.1. The van der Waals surface area contributed by atoms with Gasteiger partial charge in [-0.05, 0) is 75.1 Å². The molecule has 0 aromatic heterocycles. The molecule has 0 aliphatic heterocycles. The molecule has 3 aromatic rings. The van der Waals surface area contributed by atoms with Gasteiger partial charge in [0.05, 0.1) is 0 Å². The van der Waals surface area contributed by atoms with Crippen molar-refractivity contribution in [2.75, 3.05) is 18.4 Å². The van der Waals surface area contributed by atoms with Crippen LogP contribution < -0.4 is 5.32 Å². The summed E-state index contributed by atoms with van der Waals surface area (Å²) < 4.78 is 0. The number of benzene rings is 3. The highest BCUT2D eigenvalue weighted by Crippen LogP contribution is 2.17. The molecule has 3 nitrogen and oxygen atoms in total. The van der Waals surface area contributed by atoms with Crippen molar-refractivity contribution >= 4 is 11.7 Å². The molecule has 3 rings (SSSR count). The van der Waals surface area contributed by atoms with Crippen LogP contribution in [0.1, 0.15) is 47.9 Å². The fraction of sp³-hybridized carbons (Fsp3) is 0.345. The van der Waals surface area contributed by atoms with E-state index in [0.717, 1.165) is 62.9 Å². The third-order valence-corrected chi connectivity index (χ3v) is 5.88. The van der Waals surface area contributed by atoms with Crippen molar-refractivity contribution in [2.45, 2.75) is 52.4 Å². The molecule has 0 radical (unpaired) electrons. The molecule has 32 heavy (non-hydrogen) atoms. The molecule has 0 unspecified atom stereocenters. The van der Waals surface area contributed by atoms with E-state index in [1.807, 2.05) is 24.0 Å². The van der Waals surface area contributed by atoms with Gasteiger partial charge >= 0.3 is 6.03 Å². The van der Waals surface area contributed by atoms with Crippen LogP contribution in [-0.2, 0) is 12.8 Å². The van der Waals surface area contributed by atoms with Crippen LogP contribution in [0.25, 0.3) is 0 Å². The molecule has 0 saturated carbocycles. The van der Waals surface area contributed by atoms with Gasteiger partial charge in [-0.15, -0.1) is 0 Å². The van der Waals surface area contributed by atoms with Crippen molar-refractivity contribution in [1.29, 1.82) is 0 Å². The zero-order valence-electron chi connectivity index (χ0n) is 19.5. The first-order valence-electron chi connectivity index (χ1n) is 11.8. The summed E-state index contributed by atoms with van der Waals surface area (Å²) in [5.41, 5.74) is 5.94. The predicted octanol–water partition coefficient (Wildman–Crippen LogP) is 7.18. The van der Waals surface area contributed by atoms with Crippen LogP contribution in [0.2, 0.25) is 0 Å². The van der Waals surface area contributed by atoms with E-state index < -0.39 is 0 Å². The van der Waals surface area contributed by atoms with E-state index >= 15 is 0 Å². The molecule has 0 fully saturated rings. The second-order valence-electron chi connectivity index (χ2n) is 8.62. The first-order valence-corrected chi connectivity index (χ1v) is 11.8. The Kier molecular flexibility index (Phi) is 9.37. The normalized spacial score (nSPS) is 10.7. The number of nitrogens with one attached hydrogen (secondary N) is 1. The fourth-order valence-corrected chi connectivity index (χ4v) is 4.02. The fourth-order valence-electron chi connectivity index (χ4n) is 4.02. The predicted molar refractivity (Wildman–Crippen MR) is 135 cm³/mol. The number of hydrogen-bond acceptors (Lipinski definition) is 1. The maximum Gasteiger partial charge on any atom is 0.321 e. The van der Waals surface area contributed by atoms with Crippen LogP contribution in [0, 0.1) is 13.8 Å². The molecule has 2 amide bonds. The zero-order valence-corrected chi connectivity index (χ0v) is 19.5. The number of urea groups is 1. The standard InChI is InChI=1S/C29H36N2O/c1-24-19-20-28(25(2)23-24)30-29(32)31(21-11-9-17-26-13-5-3-6-14-26)22-12-10-18-27-15-7-4-8-16-27/h3-8,13-16,19-20,23H,9-12,17-18,21-22H2,1-2H3,(H,30,32). The summed E-state index contributed by atoms with van der Waals surface area (Å²) in [6.45, 7) is 5.70. The average Bonchev–Trinajstić information content (AvgIpc) is 2.81. The first-order chi connectivity index (χ1) is 15.6. The second-order valence-corrected chi connectivity index (χ2v) is 8.62. The van der Waals surface area contributed by atoms with E-state index in [1.165, 1.54) is 16.7 Å². The van der Waals surface area contributed by atoms with Crippen molar-refractivity contribution < 1.29 is 4.79 Å². The SMILES string of the molecule is Cc1ccc(NC(=O)N(CCCCc2ccccc2)CCCCc2ccccc2)c(C)c1. The molecule has 0 bridgehead atoms. The lowest BCUT2D eigenvalue weighted by molar-refractivity contribution is 0.209. The Hall–Kier alpha value is -3.07. The lowest BCUT2D eigenvalue weighted by atomic mass is 10.1. The molecular weight excluding hydrogens is 392 g/mol. The highest BCUT2D eigenvalue weighted by Gasteiger charge is 2.14. The minimum atomic E-state index is 0.0105. The van der Waals surface area contributed by atoms with E-state index in [1.54, 1.807) is 0 Å². The number of aryl methyl sites for hydroxylation is 4. The molecule has 0 saturated heterocycles. The molecule has 168 valence electrons. The monoisotopic (exact) mass is 428 g/mol. The minimum Gasteiger partial charge on any atom is -0.325 e. The lowest BCUT2D eigenvalue weighted by Crippen LogP contribution is -2.36.